The first-order valence-corrected chi connectivity index (χ1v) is 9.59. The van der Waals surface area contributed by atoms with Crippen LogP contribution in [-0.2, 0) is 5.41 Å². The summed E-state index contributed by atoms with van der Waals surface area (Å²) in [5.74, 6) is 0. The fraction of sp³-hybridized carbons (Fsp3) is 0.130. The highest BCUT2D eigenvalue weighted by molar-refractivity contribution is 9.10. The first kappa shape index (κ1) is 17.8. The molecular formula is C23H14BrClN2. The molecule has 0 fully saturated rings. The molecule has 4 rings (SSSR count). The third-order valence-corrected chi connectivity index (χ3v) is 5.87. The molecule has 2 nitrogen and oxygen atoms in total. The molecule has 3 aromatic carbocycles. The van der Waals surface area contributed by atoms with Crippen LogP contribution in [0.5, 0.6) is 0 Å². The van der Waals surface area contributed by atoms with E-state index >= 15 is 0 Å². The quantitative estimate of drug-likeness (QED) is 0.365. The maximum absolute atomic E-state index is 9.35. The predicted molar refractivity (Wildman–Crippen MR) is 113 cm³/mol. The van der Waals surface area contributed by atoms with Gasteiger partial charge in [0, 0.05) is 20.5 Å². The molecule has 27 heavy (non-hydrogen) atoms. The normalized spacial score (nSPS) is 13.4. The summed E-state index contributed by atoms with van der Waals surface area (Å²) in [6.07, 6.45) is 0. The molecule has 0 heterocycles. The second-order valence-electron chi connectivity index (χ2n) is 7.19. The number of rotatable bonds is 1. The summed E-state index contributed by atoms with van der Waals surface area (Å²) in [4.78, 5) is 3.69. The van der Waals surface area contributed by atoms with E-state index in [-0.39, 0.29) is 5.41 Å². The lowest BCUT2D eigenvalue weighted by molar-refractivity contribution is 0.660. The zero-order chi connectivity index (χ0) is 19.3. The summed E-state index contributed by atoms with van der Waals surface area (Å²) in [7, 11) is 0. The van der Waals surface area contributed by atoms with Gasteiger partial charge in [0.25, 0.3) is 0 Å². The van der Waals surface area contributed by atoms with Gasteiger partial charge in [0.15, 0.2) is 5.69 Å². The molecule has 0 aliphatic heterocycles. The smallest absolute Gasteiger partial charge is 0.196 e. The fourth-order valence-corrected chi connectivity index (χ4v) is 4.74. The Labute approximate surface area is 172 Å². The molecule has 0 saturated heterocycles. The molecule has 0 atom stereocenters. The van der Waals surface area contributed by atoms with Gasteiger partial charge in [0.05, 0.1) is 12.6 Å². The lowest BCUT2D eigenvalue weighted by atomic mass is 9.81. The van der Waals surface area contributed by atoms with Crippen LogP contribution in [0.25, 0.3) is 27.1 Å². The molecule has 0 saturated carbocycles. The van der Waals surface area contributed by atoms with Crippen LogP contribution in [0.3, 0.4) is 0 Å². The van der Waals surface area contributed by atoms with E-state index in [9.17, 15) is 5.26 Å². The van der Waals surface area contributed by atoms with Crippen molar-refractivity contribution in [2.24, 2.45) is 0 Å². The van der Waals surface area contributed by atoms with Crippen molar-refractivity contribution in [1.29, 1.82) is 5.26 Å². The van der Waals surface area contributed by atoms with Gasteiger partial charge in [0.2, 0.25) is 0 Å². The number of fused-ring (bicyclic) bond motifs is 3. The van der Waals surface area contributed by atoms with Crippen molar-refractivity contribution in [2.75, 3.05) is 0 Å². The van der Waals surface area contributed by atoms with Crippen molar-refractivity contribution in [3.63, 3.8) is 0 Å². The van der Waals surface area contributed by atoms with Gasteiger partial charge in [-0.2, -0.15) is 5.26 Å². The van der Waals surface area contributed by atoms with E-state index in [1.165, 1.54) is 0 Å². The van der Waals surface area contributed by atoms with E-state index in [0.717, 1.165) is 37.9 Å². The van der Waals surface area contributed by atoms with E-state index in [1.54, 1.807) is 6.07 Å². The average molecular weight is 434 g/mol. The second kappa shape index (κ2) is 6.24. The van der Waals surface area contributed by atoms with Gasteiger partial charge in [0.1, 0.15) is 0 Å². The molecule has 0 bridgehead atoms. The Bertz CT molecular complexity index is 1180. The number of nitrogens with zero attached hydrogens (tertiary/aromatic N) is 2. The molecule has 1 aliphatic carbocycles. The van der Waals surface area contributed by atoms with E-state index in [2.05, 4.69) is 58.9 Å². The molecule has 0 unspecified atom stereocenters. The fourth-order valence-electron chi connectivity index (χ4n) is 3.88. The Morgan fingerprint density at radius 2 is 1.81 bits per heavy atom. The van der Waals surface area contributed by atoms with Gasteiger partial charge in [-0.05, 0) is 69.8 Å². The van der Waals surface area contributed by atoms with Crippen molar-refractivity contribution in [2.45, 2.75) is 19.3 Å². The lowest BCUT2D eigenvalue weighted by Crippen LogP contribution is -2.15. The van der Waals surface area contributed by atoms with Crippen molar-refractivity contribution >= 4 is 33.2 Å². The number of halogens is 2. The van der Waals surface area contributed by atoms with Crippen LogP contribution in [0.1, 0.15) is 30.5 Å². The Hall–Kier alpha value is -2.59. The molecule has 130 valence electrons. The first-order valence-electron chi connectivity index (χ1n) is 8.42. The third-order valence-electron chi connectivity index (χ3n) is 5.20. The topological polar surface area (TPSA) is 28.1 Å². The maximum atomic E-state index is 9.35. The van der Waals surface area contributed by atoms with E-state index in [0.29, 0.717) is 16.3 Å². The third kappa shape index (κ3) is 2.76. The van der Waals surface area contributed by atoms with Gasteiger partial charge in [-0.15, -0.1) is 0 Å². The van der Waals surface area contributed by atoms with Crippen LogP contribution in [0, 0.1) is 17.9 Å². The van der Waals surface area contributed by atoms with E-state index in [1.807, 2.05) is 24.3 Å². The summed E-state index contributed by atoms with van der Waals surface area (Å²) in [5.41, 5.74) is 7.09. The van der Waals surface area contributed by atoms with Crippen molar-refractivity contribution in [3.8, 4) is 28.3 Å². The van der Waals surface area contributed by atoms with Crippen LogP contribution < -0.4 is 0 Å². The molecule has 0 spiro atoms. The highest BCUT2D eigenvalue weighted by Gasteiger charge is 2.37. The Morgan fingerprint density at radius 3 is 2.48 bits per heavy atom. The highest BCUT2D eigenvalue weighted by Crippen LogP contribution is 2.53. The van der Waals surface area contributed by atoms with Gasteiger partial charge in [-0.1, -0.05) is 53.5 Å². The summed E-state index contributed by atoms with van der Waals surface area (Å²) >= 11 is 9.73. The SMILES string of the molecule is [C-]#[N+]c1cc(C#N)cc2c1-c1ccc(-c3cc(Cl)cc(Br)c3)cc1C2(C)C. The highest BCUT2D eigenvalue weighted by atomic mass is 79.9. The van der Waals surface area contributed by atoms with Crippen molar-refractivity contribution in [1.82, 2.24) is 0 Å². The Kier molecular flexibility index (Phi) is 4.11. The van der Waals surface area contributed by atoms with Crippen LogP contribution in [0.15, 0.2) is 53.0 Å². The first-order chi connectivity index (χ1) is 12.8. The molecule has 0 radical (unpaired) electrons. The summed E-state index contributed by atoms with van der Waals surface area (Å²) in [6, 6.07) is 17.9. The molecule has 0 aromatic heterocycles. The molecule has 0 amide bonds. The molecule has 0 N–H and O–H groups in total. The van der Waals surface area contributed by atoms with Crippen LogP contribution in [-0.4, -0.2) is 0 Å². The minimum atomic E-state index is -0.289. The monoisotopic (exact) mass is 432 g/mol. The molecule has 4 heteroatoms. The predicted octanol–water partition coefficient (Wildman–Crippen LogP) is 7.50. The minimum absolute atomic E-state index is 0.289. The zero-order valence-corrected chi connectivity index (χ0v) is 17.1. The molecule has 1 aliphatic rings. The summed E-state index contributed by atoms with van der Waals surface area (Å²) in [6.45, 7) is 11.9. The van der Waals surface area contributed by atoms with E-state index in [4.69, 9.17) is 18.2 Å². The molecular weight excluding hydrogens is 420 g/mol. The van der Waals surface area contributed by atoms with Gasteiger partial charge in [-0.3, -0.25) is 0 Å². The standard InChI is InChI=1S/C23H14BrClN2/c1-23(2)19-10-14(15-8-16(24)11-17(25)9-15)4-5-18(19)22-20(23)6-13(12-26)7-21(22)27-3/h4-11H,1-2H3. The van der Waals surface area contributed by atoms with Crippen LogP contribution in [0.2, 0.25) is 5.02 Å². The van der Waals surface area contributed by atoms with Gasteiger partial charge < -0.3 is 0 Å². The summed E-state index contributed by atoms with van der Waals surface area (Å²) in [5, 5.41) is 10.0. The van der Waals surface area contributed by atoms with Crippen LogP contribution >= 0.6 is 27.5 Å². The Balaban J connectivity index is 1.97. The van der Waals surface area contributed by atoms with Crippen molar-refractivity contribution in [3.05, 3.63) is 86.1 Å². The Morgan fingerprint density at radius 1 is 1.04 bits per heavy atom. The summed E-state index contributed by atoms with van der Waals surface area (Å²) < 4.78 is 0.932. The largest absolute Gasteiger partial charge is 0.237 e. The van der Waals surface area contributed by atoms with Crippen LogP contribution in [0.4, 0.5) is 5.69 Å². The lowest BCUT2D eigenvalue weighted by Gasteiger charge is -2.22. The minimum Gasteiger partial charge on any atom is -0.237 e. The number of hydrogen-bond acceptors (Lipinski definition) is 1. The average Bonchev–Trinajstić information content (AvgIpc) is 2.87. The van der Waals surface area contributed by atoms with Crippen molar-refractivity contribution < 1.29 is 0 Å². The number of benzene rings is 3. The number of nitriles is 1. The maximum Gasteiger partial charge on any atom is 0.196 e. The van der Waals surface area contributed by atoms with E-state index < -0.39 is 0 Å². The molecule has 3 aromatic rings. The zero-order valence-electron chi connectivity index (χ0n) is 14.8. The second-order valence-corrected chi connectivity index (χ2v) is 8.54. The van der Waals surface area contributed by atoms with Gasteiger partial charge in [-0.25, -0.2) is 4.85 Å². The van der Waals surface area contributed by atoms with Gasteiger partial charge >= 0.3 is 0 Å². The number of hydrogen-bond donors (Lipinski definition) is 0.